The maximum Gasteiger partial charge on any atom is 0.451 e. The standard InChI is InChI=1S/C18H36BNO4/c1-5-7-9-18(14(3)6-2)12-15(17(4,13-18)16(21)22)20-11-8-10-19(23)24/h14-15,20,23-24H,5-13H2,1-4H3,(H,21,22). The first-order valence-corrected chi connectivity index (χ1v) is 9.54. The highest BCUT2D eigenvalue weighted by atomic mass is 16.4. The second kappa shape index (κ2) is 9.21. The minimum absolute atomic E-state index is 0.0586. The van der Waals surface area contributed by atoms with Crippen molar-refractivity contribution in [3.8, 4) is 0 Å². The van der Waals surface area contributed by atoms with Crippen LogP contribution in [0.1, 0.15) is 72.6 Å². The maximum atomic E-state index is 12.0. The molecule has 1 saturated carbocycles. The van der Waals surface area contributed by atoms with Gasteiger partial charge in [0.25, 0.3) is 0 Å². The molecule has 1 aliphatic rings. The SMILES string of the molecule is CCCCC1(C(C)CC)CC(NCCCB(O)O)C(C)(C(=O)O)C1. The van der Waals surface area contributed by atoms with E-state index in [4.69, 9.17) is 10.0 Å². The van der Waals surface area contributed by atoms with Crippen LogP contribution < -0.4 is 5.32 Å². The molecule has 0 aromatic rings. The zero-order valence-electron chi connectivity index (χ0n) is 15.8. The van der Waals surface area contributed by atoms with E-state index in [0.29, 0.717) is 25.2 Å². The molecule has 6 heteroatoms. The molecule has 0 bridgehead atoms. The molecule has 1 rings (SSSR count). The monoisotopic (exact) mass is 341 g/mol. The Morgan fingerprint density at radius 3 is 2.50 bits per heavy atom. The molecule has 0 aromatic heterocycles. The molecule has 1 aliphatic carbocycles. The summed E-state index contributed by atoms with van der Waals surface area (Å²) in [6, 6.07) is -0.0586. The minimum atomic E-state index is -1.29. The van der Waals surface area contributed by atoms with Gasteiger partial charge >= 0.3 is 13.1 Å². The lowest BCUT2D eigenvalue weighted by atomic mass is 9.68. The van der Waals surface area contributed by atoms with Crippen molar-refractivity contribution in [1.29, 1.82) is 0 Å². The van der Waals surface area contributed by atoms with Crippen LogP contribution in [0.25, 0.3) is 0 Å². The molecule has 140 valence electrons. The summed E-state index contributed by atoms with van der Waals surface area (Å²) in [5, 5.41) is 31.2. The lowest BCUT2D eigenvalue weighted by Crippen LogP contribution is -2.45. The highest BCUT2D eigenvalue weighted by Crippen LogP contribution is 2.56. The van der Waals surface area contributed by atoms with Crippen LogP contribution in [0.15, 0.2) is 0 Å². The van der Waals surface area contributed by atoms with E-state index >= 15 is 0 Å². The summed E-state index contributed by atoms with van der Waals surface area (Å²) in [6.07, 6.45) is 7.01. The summed E-state index contributed by atoms with van der Waals surface area (Å²) in [5.41, 5.74) is -0.666. The van der Waals surface area contributed by atoms with Crippen molar-refractivity contribution in [2.45, 2.75) is 85.0 Å². The number of aliphatic carboxylic acids is 1. The average Bonchev–Trinajstić information content (AvgIpc) is 2.83. The molecular formula is C18H36BNO4. The van der Waals surface area contributed by atoms with Gasteiger partial charge in [0.05, 0.1) is 5.41 Å². The summed E-state index contributed by atoms with van der Waals surface area (Å²) >= 11 is 0. The second-order valence-electron chi connectivity index (χ2n) is 8.01. The molecule has 5 nitrogen and oxygen atoms in total. The maximum absolute atomic E-state index is 12.0. The Morgan fingerprint density at radius 2 is 2.00 bits per heavy atom. The first-order valence-electron chi connectivity index (χ1n) is 9.54. The third-order valence-electron chi connectivity index (χ3n) is 6.30. The fraction of sp³-hybridized carbons (Fsp3) is 0.944. The molecule has 4 atom stereocenters. The van der Waals surface area contributed by atoms with Crippen LogP contribution in [0, 0.1) is 16.7 Å². The Kier molecular flexibility index (Phi) is 8.23. The molecule has 0 saturated heterocycles. The zero-order chi connectivity index (χ0) is 18.4. The van der Waals surface area contributed by atoms with E-state index < -0.39 is 18.5 Å². The Balaban J connectivity index is 2.89. The molecule has 4 N–H and O–H groups in total. The predicted octanol–water partition coefficient (Wildman–Crippen LogP) is 2.91. The van der Waals surface area contributed by atoms with Gasteiger partial charge in [0.2, 0.25) is 0 Å². The summed E-state index contributed by atoms with van der Waals surface area (Å²) in [6.45, 7) is 9.15. The number of unbranched alkanes of at least 4 members (excludes halogenated alkanes) is 1. The number of carboxylic acids is 1. The number of rotatable bonds is 11. The number of hydrogen-bond acceptors (Lipinski definition) is 4. The van der Waals surface area contributed by atoms with Crippen molar-refractivity contribution < 1.29 is 19.9 Å². The number of hydrogen-bond donors (Lipinski definition) is 4. The third-order valence-corrected chi connectivity index (χ3v) is 6.30. The molecule has 1 fully saturated rings. The highest BCUT2D eigenvalue weighted by molar-refractivity contribution is 6.40. The molecule has 0 radical (unpaired) electrons. The van der Waals surface area contributed by atoms with Gasteiger partial charge in [-0.05, 0) is 56.8 Å². The Bertz CT molecular complexity index is 406. The lowest BCUT2D eigenvalue weighted by Gasteiger charge is -2.36. The van der Waals surface area contributed by atoms with Gasteiger partial charge in [-0.2, -0.15) is 0 Å². The van der Waals surface area contributed by atoms with E-state index in [9.17, 15) is 9.90 Å². The van der Waals surface area contributed by atoms with E-state index in [1.807, 2.05) is 6.92 Å². The van der Waals surface area contributed by atoms with E-state index in [-0.39, 0.29) is 11.5 Å². The van der Waals surface area contributed by atoms with Crippen LogP contribution in [0.4, 0.5) is 0 Å². The van der Waals surface area contributed by atoms with Crippen LogP contribution in [-0.4, -0.2) is 40.8 Å². The van der Waals surface area contributed by atoms with Gasteiger partial charge in [-0.15, -0.1) is 0 Å². The average molecular weight is 341 g/mol. The topological polar surface area (TPSA) is 89.8 Å². The zero-order valence-corrected chi connectivity index (χ0v) is 15.8. The molecule has 0 spiro atoms. The van der Waals surface area contributed by atoms with Crippen molar-refractivity contribution in [3.05, 3.63) is 0 Å². The minimum Gasteiger partial charge on any atom is -0.481 e. The molecule has 24 heavy (non-hydrogen) atoms. The van der Waals surface area contributed by atoms with Gasteiger partial charge in [-0.3, -0.25) is 4.79 Å². The lowest BCUT2D eigenvalue weighted by molar-refractivity contribution is -0.149. The van der Waals surface area contributed by atoms with E-state index in [2.05, 4.69) is 26.1 Å². The number of carbonyl (C=O) groups is 1. The Labute approximate surface area is 147 Å². The largest absolute Gasteiger partial charge is 0.481 e. The number of nitrogens with one attached hydrogen (secondary N) is 1. The first-order chi connectivity index (χ1) is 11.2. The molecule has 0 aromatic carbocycles. The predicted molar refractivity (Wildman–Crippen MR) is 97.8 cm³/mol. The van der Waals surface area contributed by atoms with E-state index in [1.165, 1.54) is 0 Å². The summed E-state index contributed by atoms with van der Waals surface area (Å²) in [5.74, 6) is -0.211. The first kappa shape index (κ1) is 21.5. The van der Waals surface area contributed by atoms with Gasteiger partial charge in [0.15, 0.2) is 0 Å². The third kappa shape index (κ3) is 4.96. The summed E-state index contributed by atoms with van der Waals surface area (Å²) in [4.78, 5) is 12.0. The van der Waals surface area contributed by atoms with E-state index in [1.54, 1.807) is 0 Å². The summed E-state index contributed by atoms with van der Waals surface area (Å²) < 4.78 is 0. The van der Waals surface area contributed by atoms with Crippen molar-refractivity contribution in [3.63, 3.8) is 0 Å². The smallest absolute Gasteiger partial charge is 0.451 e. The fourth-order valence-electron chi connectivity index (χ4n) is 4.42. The van der Waals surface area contributed by atoms with Crippen molar-refractivity contribution in [2.24, 2.45) is 16.7 Å². The quantitative estimate of drug-likeness (QED) is 0.343. The van der Waals surface area contributed by atoms with Crippen molar-refractivity contribution in [1.82, 2.24) is 5.32 Å². The molecule has 0 amide bonds. The highest BCUT2D eigenvalue weighted by Gasteiger charge is 2.56. The summed E-state index contributed by atoms with van der Waals surface area (Å²) in [7, 11) is -1.29. The second-order valence-corrected chi connectivity index (χ2v) is 8.01. The number of carboxylic acid groups (broad SMARTS) is 1. The van der Waals surface area contributed by atoms with Crippen molar-refractivity contribution in [2.75, 3.05) is 6.54 Å². The van der Waals surface area contributed by atoms with Gasteiger partial charge < -0.3 is 20.5 Å². The van der Waals surface area contributed by atoms with Gasteiger partial charge in [0.1, 0.15) is 0 Å². The van der Waals surface area contributed by atoms with Crippen LogP contribution >= 0.6 is 0 Å². The van der Waals surface area contributed by atoms with Gasteiger partial charge in [0, 0.05) is 6.04 Å². The molecular weight excluding hydrogens is 305 g/mol. The fourth-order valence-corrected chi connectivity index (χ4v) is 4.42. The Hall–Kier alpha value is -0.585. The van der Waals surface area contributed by atoms with Crippen molar-refractivity contribution >= 4 is 13.1 Å². The molecule has 4 unspecified atom stereocenters. The molecule has 0 heterocycles. The van der Waals surface area contributed by atoms with Crippen LogP contribution in [0.3, 0.4) is 0 Å². The van der Waals surface area contributed by atoms with Crippen LogP contribution in [0.5, 0.6) is 0 Å². The van der Waals surface area contributed by atoms with E-state index in [0.717, 1.165) is 38.5 Å². The normalized spacial score (nSPS) is 31.2. The Morgan fingerprint density at radius 1 is 1.33 bits per heavy atom. The van der Waals surface area contributed by atoms with Crippen LogP contribution in [0.2, 0.25) is 6.32 Å². The van der Waals surface area contributed by atoms with Gasteiger partial charge in [-0.1, -0.05) is 40.0 Å². The van der Waals surface area contributed by atoms with Gasteiger partial charge in [-0.25, -0.2) is 0 Å². The molecule has 0 aliphatic heterocycles. The van der Waals surface area contributed by atoms with Crippen LogP contribution in [-0.2, 0) is 4.79 Å².